The number of amides is 1. The van der Waals surface area contributed by atoms with E-state index in [1.54, 1.807) is 17.8 Å². The van der Waals surface area contributed by atoms with Crippen LogP contribution in [0.15, 0.2) is 18.3 Å². The van der Waals surface area contributed by atoms with Crippen molar-refractivity contribution < 1.29 is 18.0 Å². The van der Waals surface area contributed by atoms with Crippen LogP contribution in [0.1, 0.15) is 62.7 Å². The van der Waals surface area contributed by atoms with Crippen molar-refractivity contribution in [3.63, 3.8) is 0 Å². The van der Waals surface area contributed by atoms with E-state index in [2.05, 4.69) is 15.5 Å². The Morgan fingerprint density at radius 2 is 2.04 bits per heavy atom. The molecule has 0 aromatic carbocycles. The summed E-state index contributed by atoms with van der Waals surface area (Å²) in [6.45, 7) is 6.33. The van der Waals surface area contributed by atoms with Crippen LogP contribution in [0.3, 0.4) is 0 Å². The Bertz CT molecular complexity index is 806. The number of nitrogens with zero attached hydrogens (tertiary/aromatic N) is 4. The molecule has 0 radical (unpaired) electrons. The van der Waals surface area contributed by atoms with Crippen LogP contribution in [0.25, 0.3) is 0 Å². The molecular weight excluding hydrogens is 359 g/mol. The highest BCUT2D eigenvalue weighted by molar-refractivity contribution is 5.78. The number of aromatic nitrogens is 4. The quantitative estimate of drug-likeness (QED) is 0.796. The lowest BCUT2D eigenvalue weighted by atomic mass is 10.1. The third-order valence-corrected chi connectivity index (χ3v) is 4.84. The molecule has 2 atom stereocenters. The monoisotopic (exact) mass is 383 g/mol. The van der Waals surface area contributed by atoms with Gasteiger partial charge in [-0.15, -0.1) is 0 Å². The number of hydrogen-bond donors (Lipinski definition) is 1. The Balaban J connectivity index is 1.68. The molecule has 0 bridgehead atoms. The highest BCUT2D eigenvalue weighted by Crippen LogP contribution is 2.42. The zero-order chi connectivity index (χ0) is 19.8. The van der Waals surface area contributed by atoms with Crippen LogP contribution < -0.4 is 5.32 Å². The average Bonchev–Trinajstić information content (AvgIpc) is 3.16. The molecule has 0 aliphatic heterocycles. The van der Waals surface area contributed by atoms with Gasteiger partial charge in [-0.1, -0.05) is 6.92 Å². The van der Waals surface area contributed by atoms with Crippen molar-refractivity contribution >= 4 is 5.91 Å². The van der Waals surface area contributed by atoms with Gasteiger partial charge in [0.2, 0.25) is 5.91 Å². The van der Waals surface area contributed by atoms with Crippen LogP contribution in [0, 0.1) is 5.92 Å². The first-order valence-corrected chi connectivity index (χ1v) is 9.17. The molecule has 1 aliphatic rings. The van der Waals surface area contributed by atoms with E-state index in [1.165, 1.54) is 4.68 Å². The molecule has 1 fully saturated rings. The van der Waals surface area contributed by atoms with Gasteiger partial charge in [-0.3, -0.25) is 14.2 Å². The van der Waals surface area contributed by atoms with Gasteiger partial charge in [-0.25, -0.2) is 0 Å². The third kappa shape index (κ3) is 4.33. The summed E-state index contributed by atoms with van der Waals surface area (Å²) in [4.78, 5) is 12.5. The van der Waals surface area contributed by atoms with Crippen LogP contribution in [-0.2, 0) is 24.1 Å². The van der Waals surface area contributed by atoms with E-state index in [1.807, 2.05) is 19.9 Å². The summed E-state index contributed by atoms with van der Waals surface area (Å²) < 4.78 is 42.1. The van der Waals surface area contributed by atoms with E-state index in [-0.39, 0.29) is 24.4 Å². The zero-order valence-corrected chi connectivity index (χ0v) is 15.6. The van der Waals surface area contributed by atoms with Crippen LogP contribution in [0.5, 0.6) is 0 Å². The number of nitrogens with one attached hydrogen (secondary N) is 1. The molecule has 6 nitrogen and oxygen atoms in total. The van der Waals surface area contributed by atoms with Gasteiger partial charge >= 0.3 is 6.18 Å². The fraction of sp³-hybridized carbons (Fsp3) is 0.611. The molecule has 27 heavy (non-hydrogen) atoms. The summed E-state index contributed by atoms with van der Waals surface area (Å²) in [7, 11) is 0. The number of carbonyl (C=O) groups excluding carboxylic acids is 1. The second-order valence-corrected chi connectivity index (χ2v) is 7.11. The molecule has 1 N–H and O–H groups in total. The Morgan fingerprint density at radius 3 is 2.63 bits per heavy atom. The molecular formula is C18H24F3N5O. The molecule has 9 heteroatoms. The Kier molecular flexibility index (Phi) is 5.30. The fourth-order valence-corrected chi connectivity index (χ4v) is 3.17. The summed E-state index contributed by atoms with van der Waals surface area (Å²) in [6, 6.07) is 2.71. The zero-order valence-electron chi connectivity index (χ0n) is 15.6. The summed E-state index contributed by atoms with van der Waals surface area (Å²) in [5.74, 6) is -0.622. The van der Waals surface area contributed by atoms with Crippen molar-refractivity contribution in [1.29, 1.82) is 0 Å². The van der Waals surface area contributed by atoms with E-state index >= 15 is 0 Å². The number of carbonyl (C=O) groups is 1. The number of alkyl halides is 3. The Hall–Kier alpha value is -2.32. The van der Waals surface area contributed by atoms with Crippen molar-refractivity contribution in [2.45, 2.75) is 64.8 Å². The van der Waals surface area contributed by atoms with Gasteiger partial charge in [0.1, 0.15) is 0 Å². The molecule has 0 spiro atoms. The lowest BCUT2D eigenvalue weighted by Crippen LogP contribution is -2.34. The Labute approximate surface area is 155 Å². The minimum atomic E-state index is -4.48. The van der Waals surface area contributed by atoms with Crippen molar-refractivity contribution in [1.82, 2.24) is 24.9 Å². The lowest BCUT2D eigenvalue weighted by Gasteiger charge is -2.19. The highest BCUT2D eigenvalue weighted by Gasteiger charge is 2.38. The SMILES string of the molecule is CCn1nccc1C(C)NC(=O)C(C)Cn1nc(C(F)(F)F)cc1C1CC1. The summed E-state index contributed by atoms with van der Waals surface area (Å²) in [5, 5.41) is 10.8. The second kappa shape index (κ2) is 7.36. The number of hydrogen-bond acceptors (Lipinski definition) is 3. The van der Waals surface area contributed by atoms with Gasteiger partial charge in [0.25, 0.3) is 0 Å². The first-order valence-electron chi connectivity index (χ1n) is 9.17. The number of aryl methyl sites for hydroxylation is 1. The highest BCUT2D eigenvalue weighted by atomic mass is 19.4. The molecule has 1 saturated carbocycles. The van der Waals surface area contributed by atoms with Gasteiger partial charge < -0.3 is 5.32 Å². The minimum Gasteiger partial charge on any atom is -0.348 e. The fourth-order valence-electron chi connectivity index (χ4n) is 3.17. The van der Waals surface area contributed by atoms with E-state index < -0.39 is 17.8 Å². The van der Waals surface area contributed by atoms with Gasteiger partial charge in [0.05, 0.1) is 24.2 Å². The molecule has 0 saturated heterocycles. The topological polar surface area (TPSA) is 64.7 Å². The van der Waals surface area contributed by atoms with E-state index in [0.717, 1.165) is 24.6 Å². The predicted octanol–water partition coefficient (Wildman–Crippen LogP) is 3.51. The standard InChI is InChI=1S/C18H24F3N5O/c1-4-25-14(7-8-22-25)12(3)23-17(27)11(2)10-26-15(13-5-6-13)9-16(24-26)18(19,20)21/h7-9,11-13H,4-6,10H2,1-3H3,(H,23,27). The van der Waals surface area contributed by atoms with Crippen molar-refractivity contribution in [3.05, 3.63) is 35.4 Å². The second-order valence-electron chi connectivity index (χ2n) is 7.11. The third-order valence-electron chi connectivity index (χ3n) is 4.84. The van der Waals surface area contributed by atoms with Crippen LogP contribution in [-0.4, -0.2) is 25.5 Å². The normalized spacial score (nSPS) is 17.0. The number of halogens is 3. The van der Waals surface area contributed by atoms with Gasteiger partial charge in [-0.2, -0.15) is 23.4 Å². The van der Waals surface area contributed by atoms with Crippen molar-refractivity contribution in [2.24, 2.45) is 5.92 Å². The maximum absolute atomic E-state index is 13.0. The maximum Gasteiger partial charge on any atom is 0.435 e. The minimum absolute atomic E-state index is 0.113. The molecule has 2 aromatic rings. The van der Waals surface area contributed by atoms with Crippen molar-refractivity contribution in [3.8, 4) is 0 Å². The summed E-state index contributed by atoms with van der Waals surface area (Å²) >= 11 is 0. The van der Waals surface area contributed by atoms with E-state index in [4.69, 9.17) is 0 Å². The summed E-state index contributed by atoms with van der Waals surface area (Å²) in [6.07, 6.45) is -1.08. The van der Waals surface area contributed by atoms with Crippen LogP contribution in [0.2, 0.25) is 0 Å². The van der Waals surface area contributed by atoms with Gasteiger partial charge in [-0.05, 0) is 38.8 Å². The van der Waals surface area contributed by atoms with Gasteiger partial charge in [0.15, 0.2) is 5.69 Å². The molecule has 1 aliphatic carbocycles. The number of rotatable bonds is 7. The molecule has 2 aromatic heterocycles. The van der Waals surface area contributed by atoms with E-state index in [0.29, 0.717) is 12.2 Å². The average molecular weight is 383 g/mol. The van der Waals surface area contributed by atoms with E-state index in [9.17, 15) is 18.0 Å². The molecule has 148 valence electrons. The van der Waals surface area contributed by atoms with Crippen molar-refractivity contribution in [2.75, 3.05) is 0 Å². The van der Waals surface area contributed by atoms with Crippen LogP contribution >= 0.6 is 0 Å². The van der Waals surface area contributed by atoms with Gasteiger partial charge in [0, 0.05) is 24.4 Å². The lowest BCUT2D eigenvalue weighted by molar-refractivity contribution is -0.141. The van der Waals surface area contributed by atoms with Crippen LogP contribution in [0.4, 0.5) is 13.2 Å². The predicted molar refractivity (Wildman–Crippen MR) is 92.8 cm³/mol. The molecule has 1 amide bonds. The first kappa shape index (κ1) is 19.4. The summed E-state index contributed by atoms with van der Waals surface area (Å²) in [5.41, 5.74) is 0.562. The Morgan fingerprint density at radius 1 is 1.33 bits per heavy atom. The molecule has 3 rings (SSSR count). The first-order chi connectivity index (χ1) is 12.7. The largest absolute Gasteiger partial charge is 0.435 e. The maximum atomic E-state index is 13.0. The molecule has 2 heterocycles. The molecule has 2 unspecified atom stereocenters. The smallest absolute Gasteiger partial charge is 0.348 e.